The van der Waals surface area contributed by atoms with Crippen molar-refractivity contribution >= 4 is 28.0 Å². The number of thiophene rings is 1. The standard InChI is InChI=1S/C19H20N2OS/c1-12-4-3-5-15-16-10-21(7-6-17(16)20-19(12)15)9-14-8-18(13(2)22)23-11-14/h3-5,8,11,20H,6-7,9-10H2,1-2H3. The van der Waals surface area contributed by atoms with Crippen LogP contribution in [0.1, 0.15) is 39.0 Å². The molecule has 2 aromatic heterocycles. The van der Waals surface area contributed by atoms with Gasteiger partial charge in [0.1, 0.15) is 0 Å². The lowest BCUT2D eigenvalue weighted by molar-refractivity contribution is 0.102. The van der Waals surface area contributed by atoms with Crippen LogP contribution < -0.4 is 0 Å². The van der Waals surface area contributed by atoms with E-state index in [1.54, 1.807) is 18.3 Å². The number of aryl methyl sites for hydroxylation is 1. The third-order valence-corrected chi connectivity index (χ3v) is 5.78. The molecule has 0 radical (unpaired) electrons. The molecule has 0 atom stereocenters. The molecule has 0 saturated carbocycles. The van der Waals surface area contributed by atoms with E-state index < -0.39 is 0 Å². The Morgan fingerprint density at radius 2 is 2.26 bits per heavy atom. The van der Waals surface area contributed by atoms with E-state index in [4.69, 9.17) is 0 Å². The Morgan fingerprint density at radius 1 is 1.39 bits per heavy atom. The second-order valence-corrected chi connectivity index (χ2v) is 7.33. The van der Waals surface area contributed by atoms with Crippen molar-refractivity contribution in [1.29, 1.82) is 0 Å². The second kappa shape index (κ2) is 5.62. The predicted octanol–water partition coefficient (Wildman–Crippen LogP) is 4.30. The van der Waals surface area contributed by atoms with Crippen molar-refractivity contribution in [3.8, 4) is 0 Å². The fraction of sp³-hybridized carbons (Fsp3) is 0.316. The first kappa shape index (κ1) is 14.7. The Labute approximate surface area is 139 Å². The summed E-state index contributed by atoms with van der Waals surface area (Å²) in [4.78, 5) is 18.4. The molecule has 4 heteroatoms. The molecule has 0 amide bonds. The summed E-state index contributed by atoms with van der Waals surface area (Å²) in [6.07, 6.45) is 1.06. The van der Waals surface area contributed by atoms with E-state index in [0.29, 0.717) is 0 Å². The van der Waals surface area contributed by atoms with Gasteiger partial charge in [-0.25, -0.2) is 0 Å². The molecule has 0 unspecified atom stereocenters. The summed E-state index contributed by atoms with van der Waals surface area (Å²) in [6, 6.07) is 8.57. The van der Waals surface area contributed by atoms with E-state index in [1.807, 2.05) is 6.07 Å². The maximum atomic E-state index is 11.5. The van der Waals surface area contributed by atoms with Gasteiger partial charge in [0.2, 0.25) is 0 Å². The highest BCUT2D eigenvalue weighted by Crippen LogP contribution is 2.30. The molecule has 3 aromatic rings. The number of Topliss-reactive ketones (excluding diaryl/α,β-unsaturated/α-hetero) is 1. The molecule has 0 spiro atoms. The molecule has 0 saturated heterocycles. The van der Waals surface area contributed by atoms with Gasteiger partial charge < -0.3 is 4.98 Å². The van der Waals surface area contributed by atoms with Gasteiger partial charge in [0.05, 0.1) is 4.88 Å². The average molecular weight is 324 g/mol. The fourth-order valence-corrected chi connectivity index (χ4v) is 4.28. The number of carbonyl (C=O) groups is 1. The Kier molecular flexibility index (Phi) is 3.58. The number of nitrogens with zero attached hydrogens (tertiary/aromatic N) is 1. The summed E-state index contributed by atoms with van der Waals surface area (Å²) >= 11 is 1.56. The molecule has 3 nitrogen and oxygen atoms in total. The van der Waals surface area contributed by atoms with Gasteiger partial charge in [0, 0.05) is 42.7 Å². The summed E-state index contributed by atoms with van der Waals surface area (Å²) in [7, 11) is 0. The van der Waals surface area contributed by atoms with Crippen LogP contribution in [0.4, 0.5) is 0 Å². The number of hydrogen-bond acceptors (Lipinski definition) is 3. The van der Waals surface area contributed by atoms with Gasteiger partial charge in [-0.3, -0.25) is 9.69 Å². The molecule has 1 aromatic carbocycles. The normalized spacial score (nSPS) is 15.0. The lowest BCUT2D eigenvalue weighted by Gasteiger charge is -2.26. The number of aromatic nitrogens is 1. The minimum atomic E-state index is 0.161. The number of nitrogens with one attached hydrogen (secondary N) is 1. The number of carbonyl (C=O) groups excluding carboxylic acids is 1. The highest BCUT2D eigenvalue weighted by Gasteiger charge is 2.21. The van der Waals surface area contributed by atoms with E-state index in [1.165, 1.54) is 33.3 Å². The smallest absolute Gasteiger partial charge is 0.169 e. The van der Waals surface area contributed by atoms with Crippen molar-refractivity contribution in [1.82, 2.24) is 9.88 Å². The molecule has 1 N–H and O–H groups in total. The van der Waals surface area contributed by atoms with Gasteiger partial charge in [-0.15, -0.1) is 11.3 Å². The van der Waals surface area contributed by atoms with Crippen LogP contribution in [0, 0.1) is 6.92 Å². The summed E-state index contributed by atoms with van der Waals surface area (Å²) in [5, 5.41) is 3.48. The molecule has 1 aliphatic heterocycles. The highest BCUT2D eigenvalue weighted by molar-refractivity contribution is 7.12. The van der Waals surface area contributed by atoms with Crippen molar-refractivity contribution in [2.45, 2.75) is 33.4 Å². The van der Waals surface area contributed by atoms with E-state index in [2.05, 4.69) is 40.4 Å². The van der Waals surface area contributed by atoms with Crippen molar-refractivity contribution in [2.75, 3.05) is 6.54 Å². The molecule has 4 rings (SSSR count). The van der Waals surface area contributed by atoms with Gasteiger partial charge in [-0.1, -0.05) is 18.2 Å². The lowest BCUT2D eigenvalue weighted by Crippen LogP contribution is -2.29. The van der Waals surface area contributed by atoms with Crippen LogP contribution in [0.5, 0.6) is 0 Å². The van der Waals surface area contributed by atoms with E-state index >= 15 is 0 Å². The van der Waals surface area contributed by atoms with Crippen molar-refractivity contribution in [3.63, 3.8) is 0 Å². The number of benzene rings is 1. The second-order valence-electron chi connectivity index (χ2n) is 6.42. The zero-order valence-electron chi connectivity index (χ0n) is 13.5. The van der Waals surface area contributed by atoms with E-state index in [-0.39, 0.29) is 5.78 Å². The van der Waals surface area contributed by atoms with Crippen molar-refractivity contribution in [3.05, 3.63) is 56.9 Å². The molecule has 118 valence electrons. The van der Waals surface area contributed by atoms with E-state index in [9.17, 15) is 4.79 Å². The molecule has 3 heterocycles. The lowest BCUT2D eigenvalue weighted by atomic mass is 10.0. The van der Waals surface area contributed by atoms with Crippen LogP contribution in [0.25, 0.3) is 10.9 Å². The first-order valence-electron chi connectivity index (χ1n) is 8.01. The molecule has 1 aliphatic rings. The number of para-hydroxylation sites is 1. The number of aromatic amines is 1. The van der Waals surface area contributed by atoms with Gasteiger partial charge in [0.25, 0.3) is 0 Å². The molecule has 0 aliphatic carbocycles. The largest absolute Gasteiger partial charge is 0.358 e. The zero-order valence-corrected chi connectivity index (χ0v) is 14.3. The van der Waals surface area contributed by atoms with Gasteiger partial charge in [0.15, 0.2) is 5.78 Å². The summed E-state index contributed by atoms with van der Waals surface area (Å²) in [5.41, 5.74) is 6.68. The van der Waals surface area contributed by atoms with Gasteiger partial charge >= 0.3 is 0 Å². The maximum absolute atomic E-state index is 11.5. The fourth-order valence-electron chi connectivity index (χ4n) is 3.48. The number of ketones is 1. The minimum absolute atomic E-state index is 0.161. The summed E-state index contributed by atoms with van der Waals surface area (Å²) in [6.45, 7) is 6.75. The molecular formula is C19H20N2OS. The SMILES string of the molecule is CC(=O)c1cc(CN2CCc3[nH]c4c(C)cccc4c3C2)cs1. The van der Waals surface area contributed by atoms with Crippen molar-refractivity contribution in [2.24, 2.45) is 0 Å². The Bertz CT molecular complexity index is 890. The van der Waals surface area contributed by atoms with E-state index in [0.717, 1.165) is 30.9 Å². The molecule has 23 heavy (non-hydrogen) atoms. The van der Waals surface area contributed by atoms with Crippen LogP contribution in [0.2, 0.25) is 0 Å². The Morgan fingerprint density at radius 3 is 3.04 bits per heavy atom. The zero-order chi connectivity index (χ0) is 16.0. The quantitative estimate of drug-likeness (QED) is 0.729. The topological polar surface area (TPSA) is 36.1 Å². The molecule has 0 fully saturated rings. The van der Waals surface area contributed by atoms with Crippen molar-refractivity contribution < 1.29 is 4.79 Å². The first-order chi connectivity index (χ1) is 11.1. The van der Waals surface area contributed by atoms with Gasteiger partial charge in [-0.2, -0.15) is 0 Å². The number of hydrogen-bond donors (Lipinski definition) is 1. The third kappa shape index (κ3) is 2.62. The van der Waals surface area contributed by atoms with Gasteiger partial charge in [-0.05, 0) is 42.0 Å². The molecular weight excluding hydrogens is 304 g/mol. The van der Waals surface area contributed by atoms with Crippen LogP contribution in [-0.4, -0.2) is 22.2 Å². The van der Waals surface area contributed by atoms with Crippen LogP contribution in [-0.2, 0) is 19.5 Å². The van der Waals surface area contributed by atoms with Crippen LogP contribution in [0.3, 0.4) is 0 Å². The van der Waals surface area contributed by atoms with Crippen LogP contribution in [0.15, 0.2) is 29.6 Å². The molecule has 0 bridgehead atoms. The monoisotopic (exact) mass is 324 g/mol. The summed E-state index contributed by atoms with van der Waals surface area (Å²) < 4.78 is 0. The predicted molar refractivity (Wildman–Crippen MR) is 95.2 cm³/mol. The number of rotatable bonds is 3. The maximum Gasteiger partial charge on any atom is 0.169 e. The number of H-pyrrole nitrogens is 1. The first-order valence-corrected chi connectivity index (χ1v) is 8.89. The minimum Gasteiger partial charge on any atom is -0.358 e. The number of fused-ring (bicyclic) bond motifs is 3. The Hall–Kier alpha value is -1.91. The third-order valence-electron chi connectivity index (χ3n) is 4.70. The summed E-state index contributed by atoms with van der Waals surface area (Å²) in [5.74, 6) is 0.161. The van der Waals surface area contributed by atoms with Crippen LogP contribution >= 0.6 is 11.3 Å². The average Bonchev–Trinajstić information content (AvgIpc) is 3.13. The Balaban J connectivity index is 1.59. The highest BCUT2D eigenvalue weighted by atomic mass is 32.1.